The fourth-order valence-corrected chi connectivity index (χ4v) is 2.81. The predicted octanol–water partition coefficient (Wildman–Crippen LogP) is 2.89. The van der Waals surface area contributed by atoms with E-state index in [1.165, 1.54) is 0 Å². The average molecular weight is 363 g/mol. The van der Waals surface area contributed by atoms with Crippen molar-refractivity contribution in [1.82, 2.24) is 25.0 Å². The Morgan fingerprint density at radius 2 is 1.96 bits per heavy atom. The van der Waals surface area contributed by atoms with Crippen molar-refractivity contribution in [2.75, 3.05) is 20.6 Å². The predicted molar refractivity (Wildman–Crippen MR) is 106 cm³/mol. The van der Waals surface area contributed by atoms with Gasteiger partial charge in [-0.05, 0) is 37.2 Å². The molecule has 0 atom stereocenters. The molecule has 0 aliphatic carbocycles. The maximum atomic E-state index is 11.7. The van der Waals surface area contributed by atoms with Crippen LogP contribution in [0.1, 0.15) is 18.4 Å². The number of pyridine rings is 1. The first-order valence-corrected chi connectivity index (χ1v) is 9.10. The van der Waals surface area contributed by atoms with Gasteiger partial charge in [0.25, 0.3) is 0 Å². The SMILES string of the molecule is CN(C)C(=O)CCCNCc1cn(-c2ccccc2)nc1-c1cccnc1. The van der Waals surface area contributed by atoms with E-state index in [1.807, 2.05) is 53.3 Å². The van der Waals surface area contributed by atoms with Crippen molar-refractivity contribution >= 4 is 5.91 Å². The van der Waals surface area contributed by atoms with Crippen molar-refractivity contribution in [2.24, 2.45) is 0 Å². The lowest BCUT2D eigenvalue weighted by molar-refractivity contribution is -0.128. The van der Waals surface area contributed by atoms with Crippen LogP contribution in [0.15, 0.2) is 61.1 Å². The first-order chi connectivity index (χ1) is 13.1. The highest BCUT2D eigenvalue weighted by molar-refractivity contribution is 5.75. The highest BCUT2D eigenvalue weighted by Crippen LogP contribution is 2.23. The molecule has 0 aliphatic rings. The van der Waals surface area contributed by atoms with Crippen LogP contribution in [0.2, 0.25) is 0 Å². The summed E-state index contributed by atoms with van der Waals surface area (Å²) in [5.41, 5.74) is 4.03. The van der Waals surface area contributed by atoms with Crippen molar-refractivity contribution in [3.63, 3.8) is 0 Å². The third kappa shape index (κ3) is 5.01. The van der Waals surface area contributed by atoms with Crippen molar-refractivity contribution in [2.45, 2.75) is 19.4 Å². The smallest absolute Gasteiger partial charge is 0.222 e. The molecule has 1 amide bonds. The number of amides is 1. The van der Waals surface area contributed by atoms with Gasteiger partial charge in [0, 0.05) is 56.8 Å². The monoisotopic (exact) mass is 363 g/mol. The first-order valence-electron chi connectivity index (χ1n) is 9.10. The van der Waals surface area contributed by atoms with Gasteiger partial charge in [-0.25, -0.2) is 4.68 Å². The van der Waals surface area contributed by atoms with Gasteiger partial charge in [-0.3, -0.25) is 9.78 Å². The molecule has 0 unspecified atom stereocenters. The minimum Gasteiger partial charge on any atom is -0.349 e. The lowest BCUT2D eigenvalue weighted by Gasteiger charge is -2.10. The normalized spacial score (nSPS) is 10.7. The van der Waals surface area contributed by atoms with Gasteiger partial charge in [0.2, 0.25) is 5.91 Å². The zero-order chi connectivity index (χ0) is 19.1. The van der Waals surface area contributed by atoms with Crippen LogP contribution in [0.4, 0.5) is 0 Å². The van der Waals surface area contributed by atoms with Gasteiger partial charge in [-0.15, -0.1) is 0 Å². The maximum Gasteiger partial charge on any atom is 0.222 e. The second kappa shape index (κ2) is 9.09. The number of para-hydroxylation sites is 1. The Bertz CT molecular complexity index is 859. The highest BCUT2D eigenvalue weighted by Gasteiger charge is 2.12. The van der Waals surface area contributed by atoms with Crippen LogP contribution in [-0.2, 0) is 11.3 Å². The number of aromatic nitrogens is 3. The maximum absolute atomic E-state index is 11.7. The summed E-state index contributed by atoms with van der Waals surface area (Å²) in [6.07, 6.45) is 7.01. The van der Waals surface area contributed by atoms with Crippen LogP contribution in [0.25, 0.3) is 16.9 Å². The molecule has 0 saturated heterocycles. The van der Waals surface area contributed by atoms with Gasteiger partial charge in [0.05, 0.1) is 11.4 Å². The molecular weight excluding hydrogens is 338 g/mol. The molecule has 3 aromatic rings. The Hall–Kier alpha value is -2.99. The Kier molecular flexibility index (Phi) is 6.33. The topological polar surface area (TPSA) is 63.1 Å². The molecule has 1 aromatic carbocycles. The van der Waals surface area contributed by atoms with Crippen LogP contribution in [0, 0.1) is 0 Å². The Morgan fingerprint density at radius 1 is 1.15 bits per heavy atom. The van der Waals surface area contributed by atoms with Crippen LogP contribution >= 0.6 is 0 Å². The summed E-state index contributed by atoms with van der Waals surface area (Å²) in [6.45, 7) is 1.47. The number of benzene rings is 1. The van der Waals surface area contributed by atoms with E-state index in [4.69, 9.17) is 5.10 Å². The largest absolute Gasteiger partial charge is 0.349 e. The van der Waals surface area contributed by atoms with Crippen LogP contribution in [-0.4, -0.2) is 46.2 Å². The molecule has 0 radical (unpaired) electrons. The second-order valence-electron chi connectivity index (χ2n) is 6.59. The number of hydrogen-bond donors (Lipinski definition) is 1. The quantitative estimate of drug-likeness (QED) is 0.625. The number of carbonyl (C=O) groups is 1. The van der Waals surface area contributed by atoms with E-state index in [-0.39, 0.29) is 5.91 Å². The molecule has 1 N–H and O–H groups in total. The van der Waals surface area contributed by atoms with Crippen LogP contribution < -0.4 is 5.32 Å². The van der Waals surface area contributed by atoms with Crippen molar-refractivity contribution in [1.29, 1.82) is 0 Å². The van der Waals surface area contributed by atoms with Gasteiger partial charge in [-0.2, -0.15) is 5.10 Å². The molecular formula is C21H25N5O. The van der Waals surface area contributed by atoms with E-state index < -0.39 is 0 Å². The number of nitrogens with zero attached hydrogens (tertiary/aromatic N) is 4. The fraction of sp³-hybridized carbons (Fsp3) is 0.286. The average Bonchev–Trinajstić information content (AvgIpc) is 3.13. The summed E-state index contributed by atoms with van der Waals surface area (Å²) in [4.78, 5) is 17.5. The fourth-order valence-electron chi connectivity index (χ4n) is 2.81. The third-order valence-corrected chi connectivity index (χ3v) is 4.30. The molecule has 27 heavy (non-hydrogen) atoms. The number of carbonyl (C=O) groups excluding carboxylic acids is 1. The Labute approximate surface area is 159 Å². The van der Waals surface area contributed by atoms with E-state index >= 15 is 0 Å². The Morgan fingerprint density at radius 3 is 2.67 bits per heavy atom. The third-order valence-electron chi connectivity index (χ3n) is 4.30. The summed E-state index contributed by atoms with van der Waals surface area (Å²) in [5, 5.41) is 8.20. The minimum atomic E-state index is 0.157. The summed E-state index contributed by atoms with van der Waals surface area (Å²) >= 11 is 0. The molecule has 140 valence electrons. The molecule has 2 aromatic heterocycles. The minimum absolute atomic E-state index is 0.157. The van der Waals surface area contributed by atoms with Gasteiger partial charge in [0.1, 0.15) is 0 Å². The van der Waals surface area contributed by atoms with E-state index in [0.29, 0.717) is 13.0 Å². The summed E-state index contributed by atoms with van der Waals surface area (Å²) < 4.78 is 1.90. The van der Waals surface area contributed by atoms with Crippen molar-refractivity contribution in [3.8, 4) is 16.9 Å². The van der Waals surface area contributed by atoms with Crippen molar-refractivity contribution < 1.29 is 4.79 Å². The van der Waals surface area contributed by atoms with Crippen LogP contribution in [0.3, 0.4) is 0 Å². The number of rotatable bonds is 8. The van der Waals surface area contributed by atoms with Gasteiger partial charge in [0.15, 0.2) is 0 Å². The highest BCUT2D eigenvalue weighted by atomic mass is 16.2. The zero-order valence-electron chi connectivity index (χ0n) is 15.8. The molecule has 0 aliphatic heterocycles. The Balaban J connectivity index is 1.71. The molecule has 2 heterocycles. The van der Waals surface area contributed by atoms with E-state index in [1.54, 1.807) is 25.2 Å². The second-order valence-corrected chi connectivity index (χ2v) is 6.59. The summed E-state index contributed by atoms with van der Waals surface area (Å²) in [7, 11) is 3.57. The molecule has 6 nitrogen and oxygen atoms in total. The van der Waals surface area contributed by atoms with E-state index in [9.17, 15) is 4.79 Å². The van der Waals surface area contributed by atoms with Gasteiger partial charge in [-0.1, -0.05) is 18.2 Å². The van der Waals surface area contributed by atoms with Gasteiger partial charge < -0.3 is 10.2 Å². The standard InChI is InChI=1S/C21H25N5O/c1-25(2)20(27)11-7-13-23-15-18-16-26(19-9-4-3-5-10-19)24-21(18)17-8-6-12-22-14-17/h3-6,8-10,12,14,16,23H,7,11,13,15H2,1-2H3. The molecule has 6 heteroatoms. The molecule has 0 spiro atoms. The number of hydrogen-bond acceptors (Lipinski definition) is 4. The lowest BCUT2D eigenvalue weighted by Crippen LogP contribution is -2.23. The van der Waals surface area contributed by atoms with Crippen molar-refractivity contribution in [3.05, 3.63) is 66.6 Å². The molecule has 0 fully saturated rings. The molecule has 0 bridgehead atoms. The number of nitrogens with one attached hydrogen (secondary N) is 1. The van der Waals surface area contributed by atoms with E-state index in [0.717, 1.165) is 35.5 Å². The first kappa shape index (κ1) is 18.8. The summed E-state index contributed by atoms with van der Waals surface area (Å²) in [5.74, 6) is 0.157. The van der Waals surface area contributed by atoms with E-state index in [2.05, 4.69) is 16.5 Å². The van der Waals surface area contributed by atoms with Gasteiger partial charge >= 0.3 is 0 Å². The van der Waals surface area contributed by atoms with Crippen LogP contribution in [0.5, 0.6) is 0 Å². The summed E-state index contributed by atoms with van der Waals surface area (Å²) in [6, 6.07) is 14.0. The zero-order valence-corrected chi connectivity index (χ0v) is 15.8. The molecule has 3 rings (SSSR count). The lowest BCUT2D eigenvalue weighted by atomic mass is 10.1. The molecule has 0 saturated carbocycles.